The van der Waals surface area contributed by atoms with E-state index in [0.717, 1.165) is 17.1 Å². The zero-order valence-electron chi connectivity index (χ0n) is 11.3. The van der Waals surface area contributed by atoms with Gasteiger partial charge >= 0.3 is 0 Å². The van der Waals surface area contributed by atoms with E-state index in [0.29, 0.717) is 0 Å². The molecule has 2 rings (SSSR count). The van der Waals surface area contributed by atoms with Crippen molar-refractivity contribution in [2.45, 2.75) is 24.3 Å². The number of nitrogens with zero attached hydrogens (tertiary/aromatic N) is 1. The quantitative estimate of drug-likeness (QED) is 0.860. The third-order valence-corrected chi connectivity index (χ3v) is 5.25. The van der Waals surface area contributed by atoms with Crippen LogP contribution in [-0.2, 0) is 10.0 Å². The van der Waals surface area contributed by atoms with Gasteiger partial charge in [-0.1, -0.05) is 6.92 Å². The predicted molar refractivity (Wildman–Crippen MR) is 81.5 cm³/mol. The van der Waals surface area contributed by atoms with Crippen LogP contribution in [0, 0.1) is 0 Å². The molecule has 1 aromatic carbocycles. The number of thiazole rings is 1. The summed E-state index contributed by atoms with van der Waals surface area (Å²) in [7, 11) is -1.98. The van der Waals surface area contributed by atoms with Gasteiger partial charge in [-0.05, 0) is 37.7 Å². The minimum Gasteiger partial charge on any atom is -0.376 e. The third-order valence-electron chi connectivity index (χ3n) is 2.93. The Bertz CT molecular complexity index is 637. The molecule has 0 fully saturated rings. The number of rotatable bonds is 6. The van der Waals surface area contributed by atoms with Crippen LogP contribution in [0.4, 0.5) is 5.69 Å². The first-order valence-corrected chi connectivity index (χ1v) is 8.62. The summed E-state index contributed by atoms with van der Waals surface area (Å²) in [5.74, 6) is 0. The summed E-state index contributed by atoms with van der Waals surface area (Å²) in [4.78, 5) is 4.56. The van der Waals surface area contributed by atoms with Crippen molar-refractivity contribution in [1.29, 1.82) is 0 Å². The molecular formula is C13H17N3O2S2. The maximum absolute atomic E-state index is 11.6. The monoisotopic (exact) mass is 311 g/mol. The highest BCUT2D eigenvalue weighted by molar-refractivity contribution is 7.89. The van der Waals surface area contributed by atoms with Gasteiger partial charge in [0.15, 0.2) is 0 Å². The molecule has 1 atom stereocenters. The van der Waals surface area contributed by atoms with E-state index in [1.165, 1.54) is 7.05 Å². The van der Waals surface area contributed by atoms with Crippen molar-refractivity contribution < 1.29 is 8.42 Å². The molecule has 0 saturated carbocycles. The first-order valence-electron chi connectivity index (χ1n) is 6.26. The molecule has 1 unspecified atom stereocenters. The molecule has 2 aromatic rings. The molecule has 5 nitrogen and oxygen atoms in total. The number of aromatic nitrogens is 1. The maximum atomic E-state index is 11.6. The van der Waals surface area contributed by atoms with Crippen LogP contribution < -0.4 is 10.0 Å². The predicted octanol–water partition coefficient (Wildman–Crippen LogP) is 2.61. The van der Waals surface area contributed by atoms with Crippen molar-refractivity contribution in [1.82, 2.24) is 9.71 Å². The summed E-state index contributed by atoms with van der Waals surface area (Å²) in [6, 6.07) is 6.84. The minimum atomic E-state index is -3.38. The lowest BCUT2D eigenvalue weighted by molar-refractivity contribution is 0.588. The molecule has 1 aromatic heterocycles. The molecule has 2 N–H and O–H groups in total. The molecule has 108 valence electrons. The van der Waals surface area contributed by atoms with E-state index in [2.05, 4.69) is 21.9 Å². The lowest BCUT2D eigenvalue weighted by Gasteiger charge is -2.16. The summed E-state index contributed by atoms with van der Waals surface area (Å²) in [5.41, 5.74) is 0.877. The Morgan fingerprint density at radius 3 is 2.50 bits per heavy atom. The average Bonchev–Trinajstić information content (AvgIpc) is 2.99. The van der Waals surface area contributed by atoms with E-state index in [1.807, 2.05) is 5.38 Å². The molecule has 0 saturated heterocycles. The minimum absolute atomic E-state index is 0.141. The summed E-state index contributed by atoms with van der Waals surface area (Å²) in [6.45, 7) is 2.08. The van der Waals surface area contributed by atoms with E-state index < -0.39 is 10.0 Å². The second-order valence-corrected chi connectivity index (χ2v) is 7.02. The molecule has 0 bridgehead atoms. The number of nitrogens with one attached hydrogen (secondary N) is 2. The highest BCUT2D eigenvalue weighted by Gasteiger charge is 2.13. The fourth-order valence-electron chi connectivity index (χ4n) is 1.79. The Morgan fingerprint density at radius 1 is 1.30 bits per heavy atom. The molecule has 0 radical (unpaired) electrons. The van der Waals surface area contributed by atoms with Crippen molar-refractivity contribution in [2.24, 2.45) is 0 Å². The van der Waals surface area contributed by atoms with E-state index in [9.17, 15) is 8.42 Å². The van der Waals surface area contributed by atoms with Gasteiger partial charge in [-0.15, -0.1) is 11.3 Å². The van der Waals surface area contributed by atoms with Gasteiger partial charge in [-0.2, -0.15) is 0 Å². The van der Waals surface area contributed by atoms with Crippen molar-refractivity contribution >= 4 is 27.0 Å². The highest BCUT2D eigenvalue weighted by atomic mass is 32.2. The Labute approximate surface area is 123 Å². The molecule has 0 spiro atoms. The lowest BCUT2D eigenvalue weighted by Crippen LogP contribution is -2.18. The van der Waals surface area contributed by atoms with Crippen LogP contribution in [0.2, 0.25) is 0 Å². The zero-order valence-corrected chi connectivity index (χ0v) is 13.0. The SMILES string of the molecule is CCC(Nc1ccc(S(=O)(=O)NC)cc1)c1nccs1. The summed E-state index contributed by atoms with van der Waals surface area (Å²) >= 11 is 1.61. The average molecular weight is 311 g/mol. The molecule has 0 amide bonds. The van der Waals surface area contributed by atoms with Gasteiger partial charge in [-0.25, -0.2) is 18.1 Å². The lowest BCUT2D eigenvalue weighted by atomic mass is 10.2. The highest BCUT2D eigenvalue weighted by Crippen LogP contribution is 2.24. The molecule has 1 heterocycles. The maximum Gasteiger partial charge on any atom is 0.240 e. The molecule has 20 heavy (non-hydrogen) atoms. The Morgan fingerprint density at radius 2 is 2.00 bits per heavy atom. The molecule has 0 aliphatic rings. The van der Waals surface area contributed by atoms with Gasteiger partial charge in [0.25, 0.3) is 0 Å². The normalized spacial score (nSPS) is 13.1. The van der Waals surface area contributed by atoms with Crippen LogP contribution in [0.3, 0.4) is 0 Å². The Kier molecular flexibility index (Phi) is 4.74. The number of hydrogen-bond donors (Lipinski definition) is 2. The van der Waals surface area contributed by atoms with Crippen LogP contribution in [0.15, 0.2) is 40.7 Å². The van der Waals surface area contributed by atoms with E-state index in [4.69, 9.17) is 0 Å². The van der Waals surface area contributed by atoms with Gasteiger partial charge in [0.05, 0.1) is 10.9 Å². The van der Waals surface area contributed by atoms with Gasteiger partial charge < -0.3 is 5.32 Å². The van der Waals surface area contributed by atoms with E-state index in [-0.39, 0.29) is 10.9 Å². The third kappa shape index (κ3) is 3.36. The van der Waals surface area contributed by atoms with E-state index in [1.54, 1.807) is 41.8 Å². The first kappa shape index (κ1) is 15.0. The van der Waals surface area contributed by atoms with Crippen LogP contribution in [0.25, 0.3) is 0 Å². The van der Waals surface area contributed by atoms with Crippen LogP contribution >= 0.6 is 11.3 Å². The van der Waals surface area contributed by atoms with Crippen molar-refractivity contribution in [3.8, 4) is 0 Å². The number of sulfonamides is 1. The second-order valence-electron chi connectivity index (χ2n) is 4.21. The standard InChI is InChI=1S/C13H17N3O2S2/c1-3-12(13-15-8-9-19-13)16-10-4-6-11(7-5-10)20(17,18)14-2/h4-9,12,14,16H,3H2,1-2H3. The molecule has 7 heteroatoms. The van der Waals surface area contributed by atoms with Crippen LogP contribution in [0.5, 0.6) is 0 Å². The number of anilines is 1. The summed E-state index contributed by atoms with van der Waals surface area (Å²) < 4.78 is 25.6. The Hall–Kier alpha value is -1.44. The summed E-state index contributed by atoms with van der Waals surface area (Å²) in [5, 5.41) is 6.33. The molecule has 0 aliphatic carbocycles. The fraction of sp³-hybridized carbons (Fsp3) is 0.308. The smallest absolute Gasteiger partial charge is 0.240 e. The summed E-state index contributed by atoms with van der Waals surface area (Å²) in [6.07, 6.45) is 2.69. The molecular weight excluding hydrogens is 294 g/mol. The van der Waals surface area contributed by atoms with Gasteiger partial charge in [0, 0.05) is 17.3 Å². The van der Waals surface area contributed by atoms with Gasteiger partial charge in [0.2, 0.25) is 10.0 Å². The fourth-order valence-corrected chi connectivity index (χ4v) is 3.30. The van der Waals surface area contributed by atoms with Gasteiger partial charge in [0.1, 0.15) is 5.01 Å². The first-order chi connectivity index (χ1) is 9.56. The van der Waals surface area contributed by atoms with Gasteiger partial charge in [-0.3, -0.25) is 0 Å². The number of benzene rings is 1. The van der Waals surface area contributed by atoms with Crippen molar-refractivity contribution in [3.05, 3.63) is 40.8 Å². The topological polar surface area (TPSA) is 71.1 Å². The zero-order chi connectivity index (χ0) is 14.6. The Balaban J connectivity index is 2.15. The van der Waals surface area contributed by atoms with Crippen molar-refractivity contribution in [3.63, 3.8) is 0 Å². The van der Waals surface area contributed by atoms with Crippen LogP contribution in [-0.4, -0.2) is 20.4 Å². The largest absolute Gasteiger partial charge is 0.376 e. The van der Waals surface area contributed by atoms with Crippen LogP contribution in [0.1, 0.15) is 24.4 Å². The van der Waals surface area contributed by atoms with E-state index >= 15 is 0 Å². The molecule has 0 aliphatic heterocycles. The van der Waals surface area contributed by atoms with Crippen molar-refractivity contribution in [2.75, 3.05) is 12.4 Å². The number of hydrogen-bond acceptors (Lipinski definition) is 5. The second kappa shape index (κ2) is 6.34.